The summed E-state index contributed by atoms with van der Waals surface area (Å²) in [5.41, 5.74) is 0.496. The van der Waals surface area contributed by atoms with E-state index in [0.29, 0.717) is 11.5 Å². The maximum Gasteiger partial charge on any atom is 0.234 e. The second-order valence-electron chi connectivity index (χ2n) is 6.26. The van der Waals surface area contributed by atoms with Crippen LogP contribution in [0.15, 0.2) is 23.2 Å². The van der Waals surface area contributed by atoms with Gasteiger partial charge in [-0.25, -0.2) is 12.8 Å². The van der Waals surface area contributed by atoms with E-state index in [2.05, 4.69) is 20.3 Å². The molecule has 8 heteroatoms. The first kappa shape index (κ1) is 19.2. The average molecular weight is 344 g/mol. The summed E-state index contributed by atoms with van der Waals surface area (Å²) >= 11 is 0. The Morgan fingerprint density at radius 3 is 2.48 bits per heavy atom. The molecule has 130 valence electrons. The van der Waals surface area contributed by atoms with E-state index in [-0.39, 0.29) is 23.5 Å². The molecular formula is C15H25FN4O2S. The third-order valence-corrected chi connectivity index (χ3v) is 4.11. The predicted octanol–water partition coefficient (Wildman–Crippen LogP) is 1.84. The lowest BCUT2D eigenvalue weighted by atomic mass is 10.1. The normalized spacial score (nSPS) is 12.9. The van der Waals surface area contributed by atoms with Crippen LogP contribution in [-0.2, 0) is 10.0 Å². The van der Waals surface area contributed by atoms with Crippen molar-refractivity contribution in [3.63, 3.8) is 0 Å². The van der Waals surface area contributed by atoms with Crippen LogP contribution in [0.5, 0.6) is 0 Å². The molecule has 23 heavy (non-hydrogen) atoms. The van der Waals surface area contributed by atoms with E-state index in [9.17, 15) is 12.8 Å². The minimum Gasteiger partial charge on any atom is -0.355 e. The quantitative estimate of drug-likeness (QED) is 0.562. The summed E-state index contributed by atoms with van der Waals surface area (Å²) < 4.78 is 39.8. The van der Waals surface area contributed by atoms with Crippen molar-refractivity contribution in [3.8, 4) is 0 Å². The van der Waals surface area contributed by atoms with E-state index < -0.39 is 15.8 Å². The highest BCUT2D eigenvalue weighted by atomic mass is 32.2. The molecule has 0 bridgehead atoms. The maximum absolute atomic E-state index is 13.4. The summed E-state index contributed by atoms with van der Waals surface area (Å²) in [6, 6.07) is 4.23. The Labute approximate surface area is 137 Å². The number of hydrogen-bond acceptors (Lipinski definition) is 3. The third kappa shape index (κ3) is 7.32. The monoisotopic (exact) mass is 344 g/mol. The molecule has 0 fully saturated rings. The van der Waals surface area contributed by atoms with Crippen molar-refractivity contribution >= 4 is 21.7 Å². The molecule has 1 aromatic rings. The SMILES string of the molecule is CN=C(NCCS(=O)(=O)Nc1ccc(C)c(F)c1)NC(C)(C)C. The summed E-state index contributed by atoms with van der Waals surface area (Å²) in [7, 11) is -1.96. The van der Waals surface area contributed by atoms with Crippen molar-refractivity contribution < 1.29 is 12.8 Å². The molecular weight excluding hydrogens is 319 g/mol. The zero-order valence-electron chi connectivity index (χ0n) is 14.2. The molecule has 1 aromatic carbocycles. The van der Waals surface area contributed by atoms with Crippen LogP contribution in [0.25, 0.3) is 0 Å². The predicted molar refractivity (Wildman–Crippen MR) is 92.8 cm³/mol. The fourth-order valence-electron chi connectivity index (χ4n) is 1.73. The Balaban J connectivity index is 2.57. The molecule has 0 atom stereocenters. The van der Waals surface area contributed by atoms with E-state index in [1.165, 1.54) is 18.2 Å². The highest BCUT2D eigenvalue weighted by Gasteiger charge is 2.14. The van der Waals surface area contributed by atoms with Gasteiger partial charge in [0, 0.05) is 19.1 Å². The number of nitrogens with one attached hydrogen (secondary N) is 3. The lowest BCUT2D eigenvalue weighted by Crippen LogP contribution is -2.48. The van der Waals surface area contributed by atoms with Gasteiger partial charge in [-0.05, 0) is 45.4 Å². The summed E-state index contributed by atoms with van der Waals surface area (Å²) in [5.74, 6) is -0.0833. The number of aliphatic imine (C=N–C) groups is 1. The molecule has 0 aromatic heterocycles. The Morgan fingerprint density at radius 1 is 1.30 bits per heavy atom. The van der Waals surface area contributed by atoms with Crippen LogP contribution < -0.4 is 15.4 Å². The minimum atomic E-state index is -3.57. The number of benzene rings is 1. The molecule has 6 nitrogen and oxygen atoms in total. The second kappa shape index (κ2) is 7.63. The smallest absolute Gasteiger partial charge is 0.234 e. The standard InChI is InChI=1S/C15H25FN4O2S/c1-11-6-7-12(10-13(11)16)20-23(21,22)9-8-18-14(17-5)19-15(2,3)4/h6-7,10,20H,8-9H2,1-5H3,(H2,17,18,19). The van der Waals surface area contributed by atoms with Crippen molar-refractivity contribution in [1.82, 2.24) is 10.6 Å². The first-order valence-electron chi connectivity index (χ1n) is 7.28. The van der Waals surface area contributed by atoms with Gasteiger partial charge in [-0.2, -0.15) is 0 Å². The van der Waals surface area contributed by atoms with E-state index >= 15 is 0 Å². The van der Waals surface area contributed by atoms with Gasteiger partial charge >= 0.3 is 0 Å². The van der Waals surface area contributed by atoms with E-state index in [1.54, 1.807) is 14.0 Å². The highest BCUT2D eigenvalue weighted by molar-refractivity contribution is 7.92. The van der Waals surface area contributed by atoms with Gasteiger partial charge in [-0.15, -0.1) is 0 Å². The molecule has 0 amide bonds. The van der Waals surface area contributed by atoms with Gasteiger partial charge in [0.05, 0.1) is 11.4 Å². The number of nitrogens with zero attached hydrogens (tertiary/aromatic N) is 1. The molecule has 3 N–H and O–H groups in total. The summed E-state index contributed by atoms with van der Waals surface area (Å²) in [6.45, 7) is 7.73. The first-order chi connectivity index (χ1) is 10.5. The number of aryl methyl sites for hydroxylation is 1. The number of halogens is 1. The Kier molecular flexibility index (Phi) is 6.37. The van der Waals surface area contributed by atoms with E-state index in [1.807, 2.05) is 20.8 Å². The fourth-order valence-corrected chi connectivity index (χ4v) is 2.68. The van der Waals surface area contributed by atoms with Gasteiger partial charge in [0.1, 0.15) is 5.82 Å². The first-order valence-corrected chi connectivity index (χ1v) is 8.93. The van der Waals surface area contributed by atoms with Gasteiger partial charge in [0.2, 0.25) is 10.0 Å². The molecule has 0 aliphatic heterocycles. The zero-order chi connectivity index (χ0) is 17.7. The average Bonchev–Trinajstić information content (AvgIpc) is 2.40. The number of rotatable bonds is 5. The Morgan fingerprint density at radius 2 is 1.96 bits per heavy atom. The molecule has 0 spiro atoms. The summed E-state index contributed by atoms with van der Waals surface area (Å²) in [5, 5.41) is 6.06. The number of anilines is 1. The van der Waals surface area contributed by atoms with Crippen LogP contribution in [0, 0.1) is 12.7 Å². The van der Waals surface area contributed by atoms with Crippen LogP contribution in [-0.4, -0.2) is 39.3 Å². The van der Waals surface area contributed by atoms with Crippen molar-refractivity contribution in [2.45, 2.75) is 33.2 Å². The van der Waals surface area contributed by atoms with Gasteiger partial charge in [0.25, 0.3) is 0 Å². The molecule has 0 saturated heterocycles. The summed E-state index contributed by atoms with van der Waals surface area (Å²) in [4.78, 5) is 4.03. The largest absolute Gasteiger partial charge is 0.355 e. The van der Waals surface area contributed by atoms with E-state index in [0.717, 1.165) is 0 Å². The minimum absolute atomic E-state index is 0.159. The van der Waals surface area contributed by atoms with Crippen molar-refractivity contribution in [1.29, 1.82) is 0 Å². The van der Waals surface area contributed by atoms with Crippen molar-refractivity contribution in [2.75, 3.05) is 24.1 Å². The van der Waals surface area contributed by atoms with Crippen LogP contribution >= 0.6 is 0 Å². The Hall–Kier alpha value is -1.83. The van der Waals surface area contributed by atoms with Gasteiger partial charge < -0.3 is 10.6 Å². The third-order valence-electron chi connectivity index (χ3n) is 2.83. The van der Waals surface area contributed by atoms with E-state index in [4.69, 9.17) is 0 Å². The molecule has 0 aliphatic rings. The van der Waals surface area contributed by atoms with Gasteiger partial charge in [0.15, 0.2) is 5.96 Å². The van der Waals surface area contributed by atoms with Gasteiger partial charge in [-0.3, -0.25) is 9.71 Å². The molecule has 1 rings (SSSR count). The van der Waals surface area contributed by atoms with Crippen molar-refractivity contribution in [2.24, 2.45) is 4.99 Å². The van der Waals surface area contributed by atoms with Crippen LogP contribution in [0.2, 0.25) is 0 Å². The molecule has 0 unspecified atom stereocenters. The fraction of sp³-hybridized carbons (Fsp3) is 0.533. The lowest BCUT2D eigenvalue weighted by molar-refractivity contribution is 0.502. The molecule has 0 radical (unpaired) electrons. The molecule has 0 heterocycles. The number of guanidine groups is 1. The number of sulfonamides is 1. The Bertz CT molecular complexity index is 667. The van der Waals surface area contributed by atoms with Crippen molar-refractivity contribution in [3.05, 3.63) is 29.6 Å². The summed E-state index contributed by atoms with van der Waals surface area (Å²) in [6.07, 6.45) is 0. The lowest BCUT2D eigenvalue weighted by Gasteiger charge is -2.23. The highest BCUT2D eigenvalue weighted by Crippen LogP contribution is 2.14. The van der Waals surface area contributed by atoms with Crippen LogP contribution in [0.3, 0.4) is 0 Å². The van der Waals surface area contributed by atoms with Gasteiger partial charge in [-0.1, -0.05) is 6.07 Å². The topological polar surface area (TPSA) is 82.6 Å². The van der Waals surface area contributed by atoms with Crippen LogP contribution in [0.4, 0.5) is 10.1 Å². The van der Waals surface area contributed by atoms with Crippen LogP contribution in [0.1, 0.15) is 26.3 Å². The molecule has 0 aliphatic carbocycles. The zero-order valence-corrected chi connectivity index (χ0v) is 15.0. The number of hydrogen-bond donors (Lipinski definition) is 3. The molecule has 0 saturated carbocycles. The second-order valence-corrected chi connectivity index (χ2v) is 8.10. The maximum atomic E-state index is 13.4.